The van der Waals surface area contributed by atoms with Crippen LogP contribution in [0.5, 0.6) is 0 Å². The molecule has 0 bridgehead atoms. The molecule has 2 atom stereocenters. The molecule has 1 aliphatic rings. The molecule has 2 rings (SSSR count). The highest BCUT2D eigenvalue weighted by Gasteiger charge is 2.37. The molecule has 3 N–H and O–H groups in total. The molecule has 78 valence electrons. The minimum atomic E-state index is 0.374. The van der Waals surface area contributed by atoms with E-state index in [1.165, 1.54) is 24.4 Å². The van der Waals surface area contributed by atoms with E-state index in [1.807, 2.05) is 0 Å². The highest BCUT2D eigenvalue weighted by atomic mass is 32.1. The van der Waals surface area contributed by atoms with Crippen molar-refractivity contribution in [2.75, 3.05) is 11.1 Å². The zero-order valence-electron chi connectivity index (χ0n) is 8.53. The first kappa shape index (κ1) is 9.71. The first-order valence-electron chi connectivity index (χ1n) is 5.01. The van der Waals surface area contributed by atoms with E-state index in [9.17, 15) is 0 Å². The summed E-state index contributed by atoms with van der Waals surface area (Å²) in [7, 11) is 0. The zero-order valence-corrected chi connectivity index (χ0v) is 9.34. The van der Waals surface area contributed by atoms with Gasteiger partial charge in [0.2, 0.25) is 11.1 Å². The van der Waals surface area contributed by atoms with E-state index in [0.29, 0.717) is 12.0 Å². The van der Waals surface area contributed by atoms with E-state index >= 15 is 0 Å². The van der Waals surface area contributed by atoms with Gasteiger partial charge in [-0.3, -0.25) is 0 Å². The maximum Gasteiger partial charge on any atom is 0.233 e. The van der Waals surface area contributed by atoms with Crippen LogP contribution in [0.1, 0.15) is 26.7 Å². The number of rotatable bonds is 4. The second-order valence-corrected chi connectivity index (χ2v) is 5.09. The molecule has 1 aromatic heterocycles. The largest absolute Gasteiger partial charge is 0.367 e. The molecule has 1 aromatic rings. The van der Waals surface area contributed by atoms with Crippen LogP contribution in [0, 0.1) is 11.8 Å². The monoisotopic (exact) mass is 212 g/mol. The Bertz CT molecular complexity index is 310. The van der Waals surface area contributed by atoms with Crippen molar-refractivity contribution in [2.45, 2.75) is 32.7 Å². The van der Waals surface area contributed by atoms with Crippen LogP contribution in [0.15, 0.2) is 0 Å². The number of hydrogen-bond donors (Lipinski definition) is 2. The van der Waals surface area contributed by atoms with Crippen molar-refractivity contribution in [3.05, 3.63) is 0 Å². The minimum Gasteiger partial charge on any atom is -0.367 e. The van der Waals surface area contributed by atoms with E-state index in [-0.39, 0.29) is 0 Å². The maximum atomic E-state index is 5.44. The van der Waals surface area contributed by atoms with Crippen molar-refractivity contribution in [1.29, 1.82) is 0 Å². The molecule has 4 nitrogen and oxygen atoms in total. The van der Waals surface area contributed by atoms with Crippen molar-refractivity contribution in [1.82, 2.24) is 9.36 Å². The van der Waals surface area contributed by atoms with Crippen molar-refractivity contribution < 1.29 is 0 Å². The van der Waals surface area contributed by atoms with Crippen LogP contribution < -0.4 is 11.1 Å². The van der Waals surface area contributed by atoms with Crippen molar-refractivity contribution >= 4 is 22.6 Å². The molecule has 0 aliphatic heterocycles. The van der Waals surface area contributed by atoms with Gasteiger partial charge in [0, 0.05) is 17.6 Å². The van der Waals surface area contributed by atoms with Gasteiger partial charge in [-0.05, 0) is 24.7 Å². The Kier molecular flexibility index (Phi) is 2.58. The van der Waals surface area contributed by atoms with Crippen LogP contribution in [0.4, 0.5) is 11.1 Å². The van der Waals surface area contributed by atoms with Gasteiger partial charge in [0.1, 0.15) is 0 Å². The molecule has 14 heavy (non-hydrogen) atoms. The van der Waals surface area contributed by atoms with Gasteiger partial charge in [-0.15, -0.1) is 0 Å². The molecule has 2 unspecified atom stereocenters. The molecule has 0 radical (unpaired) electrons. The summed E-state index contributed by atoms with van der Waals surface area (Å²) in [4.78, 5) is 4.08. The van der Waals surface area contributed by atoms with Gasteiger partial charge in [0.25, 0.3) is 0 Å². The average Bonchev–Trinajstić information content (AvgIpc) is 2.63. The van der Waals surface area contributed by atoms with Gasteiger partial charge < -0.3 is 11.1 Å². The van der Waals surface area contributed by atoms with E-state index in [2.05, 4.69) is 28.5 Å². The summed E-state index contributed by atoms with van der Waals surface area (Å²) in [6.45, 7) is 4.52. The first-order chi connectivity index (χ1) is 6.65. The molecule has 1 aliphatic carbocycles. The normalized spacial score (nSPS) is 25.4. The second kappa shape index (κ2) is 3.73. The Hall–Kier alpha value is -0.840. The standard InChI is InChI=1S/C9H16N4S/c1-5(2)3-6-4-7(6)11-9-12-8(10)13-14-9/h5-7H,3-4H2,1-2H3,(H3,10,11,12,13). The summed E-state index contributed by atoms with van der Waals surface area (Å²) in [5.41, 5.74) is 5.44. The van der Waals surface area contributed by atoms with Gasteiger partial charge in [-0.2, -0.15) is 9.36 Å². The predicted octanol–water partition coefficient (Wildman–Crippen LogP) is 1.97. The summed E-state index contributed by atoms with van der Waals surface area (Å²) in [5, 5.41) is 4.22. The summed E-state index contributed by atoms with van der Waals surface area (Å²) >= 11 is 1.34. The number of nitrogen functional groups attached to an aromatic ring is 1. The lowest BCUT2D eigenvalue weighted by Gasteiger charge is -2.03. The molecular weight excluding hydrogens is 196 g/mol. The number of anilines is 2. The molecule has 5 heteroatoms. The third-order valence-electron chi connectivity index (χ3n) is 2.45. The fourth-order valence-corrected chi connectivity index (χ4v) is 2.30. The summed E-state index contributed by atoms with van der Waals surface area (Å²) in [6, 6.07) is 0.602. The molecular formula is C9H16N4S. The molecule has 1 heterocycles. The summed E-state index contributed by atoms with van der Waals surface area (Å²) < 4.78 is 3.93. The zero-order chi connectivity index (χ0) is 10.1. The summed E-state index contributed by atoms with van der Waals surface area (Å²) in [5.74, 6) is 1.98. The van der Waals surface area contributed by atoms with Crippen LogP contribution in [0.2, 0.25) is 0 Å². The van der Waals surface area contributed by atoms with E-state index in [0.717, 1.165) is 17.0 Å². The SMILES string of the molecule is CC(C)CC1CC1Nc1nc(N)ns1. The molecule has 0 amide bonds. The Morgan fingerprint density at radius 3 is 3.00 bits per heavy atom. The van der Waals surface area contributed by atoms with Gasteiger partial charge in [-0.25, -0.2) is 0 Å². The maximum absolute atomic E-state index is 5.44. The van der Waals surface area contributed by atoms with E-state index in [4.69, 9.17) is 5.73 Å². The van der Waals surface area contributed by atoms with E-state index < -0.39 is 0 Å². The van der Waals surface area contributed by atoms with E-state index in [1.54, 1.807) is 0 Å². The van der Waals surface area contributed by atoms with Gasteiger partial charge in [-0.1, -0.05) is 13.8 Å². The minimum absolute atomic E-state index is 0.374. The van der Waals surface area contributed by atoms with Gasteiger partial charge in [0.05, 0.1) is 0 Å². The van der Waals surface area contributed by atoms with Crippen molar-refractivity contribution in [2.24, 2.45) is 11.8 Å². The Labute approximate surface area is 88.1 Å². The lowest BCUT2D eigenvalue weighted by Crippen LogP contribution is -2.05. The highest BCUT2D eigenvalue weighted by Crippen LogP contribution is 2.38. The smallest absolute Gasteiger partial charge is 0.233 e. The molecule has 1 saturated carbocycles. The van der Waals surface area contributed by atoms with Crippen LogP contribution in [-0.2, 0) is 0 Å². The molecule has 0 spiro atoms. The Morgan fingerprint density at radius 2 is 2.43 bits per heavy atom. The van der Waals surface area contributed by atoms with Gasteiger partial charge >= 0.3 is 0 Å². The second-order valence-electron chi connectivity index (χ2n) is 4.33. The van der Waals surface area contributed by atoms with Crippen LogP contribution in [0.3, 0.4) is 0 Å². The van der Waals surface area contributed by atoms with Crippen LogP contribution in [-0.4, -0.2) is 15.4 Å². The Morgan fingerprint density at radius 1 is 1.64 bits per heavy atom. The molecule has 0 aromatic carbocycles. The number of hydrogen-bond acceptors (Lipinski definition) is 5. The number of nitrogens with two attached hydrogens (primary N) is 1. The first-order valence-corrected chi connectivity index (χ1v) is 5.78. The third-order valence-corrected chi connectivity index (χ3v) is 3.11. The van der Waals surface area contributed by atoms with Gasteiger partial charge in [0.15, 0.2) is 0 Å². The fourth-order valence-electron chi connectivity index (χ4n) is 1.74. The number of aromatic nitrogens is 2. The third kappa shape index (κ3) is 2.35. The average molecular weight is 212 g/mol. The lowest BCUT2D eigenvalue weighted by molar-refractivity contribution is 0.535. The Balaban J connectivity index is 1.79. The van der Waals surface area contributed by atoms with Crippen molar-refractivity contribution in [3.8, 4) is 0 Å². The fraction of sp³-hybridized carbons (Fsp3) is 0.778. The number of nitrogens with zero attached hydrogens (tertiary/aromatic N) is 2. The quantitative estimate of drug-likeness (QED) is 0.801. The summed E-state index contributed by atoms with van der Waals surface area (Å²) in [6.07, 6.45) is 2.56. The highest BCUT2D eigenvalue weighted by molar-refractivity contribution is 7.09. The topological polar surface area (TPSA) is 63.8 Å². The molecule has 0 saturated heterocycles. The van der Waals surface area contributed by atoms with Crippen LogP contribution in [0.25, 0.3) is 0 Å². The van der Waals surface area contributed by atoms with Crippen molar-refractivity contribution in [3.63, 3.8) is 0 Å². The molecule has 1 fully saturated rings. The number of nitrogens with one attached hydrogen (secondary N) is 1. The van der Waals surface area contributed by atoms with Crippen LogP contribution >= 0.6 is 11.5 Å². The predicted molar refractivity (Wildman–Crippen MR) is 59.3 cm³/mol. The lowest BCUT2D eigenvalue weighted by atomic mass is 10.1.